The Balaban J connectivity index is 2.75. The number of rotatable bonds is 7. The molecule has 0 aliphatic carbocycles. The van der Waals surface area contributed by atoms with Gasteiger partial charge in [0.25, 0.3) is 0 Å². The molecule has 0 spiro atoms. The number of carbonyl (C=O) groups is 1. The minimum atomic E-state index is -0.868. The van der Waals surface area contributed by atoms with E-state index in [0.29, 0.717) is 22.8 Å². The predicted molar refractivity (Wildman–Crippen MR) is 79.0 cm³/mol. The average molecular weight is 296 g/mol. The largest absolute Gasteiger partial charge is 0.481 e. The van der Waals surface area contributed by atoms with Gasteiger partial charge in [0, 0.05) is 24.3 Å². The maximum Gasteiger partial charge on any atom is 0.305 e. The van der Waals surface area contributed by atoms with Crippen molar-refractivity contribution in [1.82, 2.24) is 5.32 Å². The lowest BCUT2D eigenvalue weighted by Crippen LogP contribution is -2.37. The van der Waals surface area contributed by atoms with Crippen molar-refractivity contribution >= 4 is 23.3 Å². The number of nitrogens with one attached hydrogen (secondary N) is 2. The standard InChI is InChI=1S/C14H18ClN3O2/c1-9(2)17-8-12(6-14(19)20)18-11-4-3-10(7-16)13(15)5-11/h3-5,9,12,17-18H,6,8H2,1-2H3,(H,19,20)/t12-/m0/s1. The lowest BCUT2D eigenvalue weighted by molar-refractivity contribution is -0.137. The number of carboxylic acids is 1. The zero-order chi connectivity index (χ0) is 15.1. The van der Waals surface area contributed by atoms with E-state index in [2.05, 4.69) is 10.6 Å². The van der Waals surface area contributed by atoms with Crippen LogP contribution in [0.1, 0.15) is 25.8 Å². The summed E-state index contributed by atoms with van der Waals surface area (Å²) in [6, 6.07) is 6.96. The molecule has 1 aromatic carbocycles. The molecule has 1 atom stereocenters. The van der Waals surface area contributed by atoms with Crippen molar-refractivity contribution in [2.45, 2.75) is 32.4 Å². The highest BCUT2D eigenvalue weighted by molar-refractivity contribution is 6.32. The van der Waals surface area contributed by atoms with E-state index in [1.165, 1.54) is 0 Å². The Morgan fingerprint density at radius 3 is 2.70 bits per heavy atom. The molecule has 0 aliphatic rings. The third-order valence-electron chi connectivity index (χ3n) is 2.65. The molecule has 0 fully saturated rings. The van der Waals surface area contributed by atoms with Crippen molar-refractivity contribution in [2.24, 2.45) is 0 Å². The third-order valence-corrected chi connectivity index (χ3v) is 2.97. The molecule has 0 aliphatic heterocycles. The van der Waals surface area contributed by atoms with Crippen LogP contribution < -0.4 is 10.6 Å². The van der Waals surface area contributed by atoms with Crippen molar-refractivity contribution in [2.75, 3.05) is 11.9 Å². The van der Waals surface area contributed by atoms with Gasteiger partial charge >= 0.3 is 5.97 Å². The van der Waals surface area contributed by atoms with Crippen LogP contribution in [0.5, 0.6) is 0 Å². The monoisotopic (exact) mass is 295 g/mol. The van der Waals surface area contributed by atoms with Gasteiger partial charge in [-0.05, 0) is 18.2 Å². The van der Waals surface area contributed by atoms with Crippen LogP contribution in [-0.4, -0.2) is 29.7 Å². The number of anilines is 1. The van der Waals surface area contributed by atoms with Crippen LogP contribution in [0.4, 0.5) is 5.69 Å². The van der Waals surface area contributed by atoms with E-state index in [1.807, 2.05) is 19.9 Å². The molecule has 108 valence electrons. The van der Waals surface area contributed by atoms with E-state index < -0.39 is 5.97 Å². The lowest BCUT2D eigenvalue weighted by atomic mass is 10.1. The summed E-state index contributed by atoms with van der Waals surface area (Å²) in [5.41, 5.74) is 1.10. The smallest absolute Gasteiger partial charge is 0.305 e. The third kappa shape index (κ3) is 5.47. The quantitative estimate of drug-likeness (QED) is 0.719. The number of nitrogens with zero attached hydrogens (tertiary/aromatic N) is 1. The topological polar surface area (TPSA) is 85.2 Å². The fourth-order valence-corrected chi connectivity index (χ4v) is 1.92. The van der Waals surface area contributed by atoms with Crippen molar-refractivity contribution in [1.29, 1.82) is 5.26 Å². The number of hydrogen-bond donors (Lipinski definition) is 3. The normalized spacial score (nSPS) is 11.9. The Kier molecular flexibility index (Phi) is 6.29. The first-order valence-corrected chi connectivity index (χ1v) is 6.71. The second-order valence-electron chi connectivity index (χ2n) is 4.81. The molecule has 1 aromatic rings. The Bertz CT molecular complexity index is 512. The maximum absolute atomic E-state index is 10.9. The van der Waals surface area contributed by atoms with E-state index in [-0.39, 0.29) is 18.5 Å². The van der Waals surface area contributed by atoms with Gasteiger partial charge in [-0.2, -0.15) is 5.26 Å². The molecule has 0 radical (unpaired) electrons. The zero-order valence-electron chi connectivity index (χ0n) is 11.5. The molecule has 0 heterocycles. The van der Waals surface area contributed by atoms with Crippen LogP contribution in [-0.2, 0) is 4.79 Å². The molecular weight excluding hydrogens is 278 g/mol. The summed E-state index contributed by atoms with van der Waals surface area (Å²) in [6.45, 7) is 4.52. The first-order chi connectivity index (χ1) is 9.42. The van der Waals surface area contributed by atoms with Crippen LogP contribution in [0.15, 0.2) is 18.2 Å². The lowest BCUT2D eigenvalue weighted by Gasteiger charge is -2.20. The van der Waals surface area contributed by atoms with Gasteiger partial charge in [0.15, 0.2) is 0 Å². The number of nitriles is 1. The van der Waals surface area contributed by atoms with Gasteiger partial charge in [-0.15, -0.1) is 0 Å². The number of carboxylic acid groups (broad SMARTS) is 1. The highest BCUT2D eigenvalue weighted by atomic mass is 35.5. The molecule has 3 N–H and O–H groups in total. The molecule has 0 bridgehead atoms. The van der Waals surface area contributed by atoms with Crippen molar-refractivity contribution in [3.05, 3.63) is 28.8 Å². The molecule has 6 heteroatoms. The molecule has 0 saturated heterocycles. The molecule has 20 heavy (non-hydrogen) atoms. The summed E-state index contributed by atoms with van der Waals surface area (Å²) >= 11 is 5.95. The minimum absolute atomic E-state index is 0.00264. The van der Waals surface area contributed by atoms with Crippen molar-refractivity contribution in [3.63, 3.8) is 0 Å². The first kappa shape index (κ1) is 16.3. The molecule has 0 unspecified atom stereocenters. The summed E-state index contributed by atoms with van der Waals surface area (Å²) < 4.78 is 0. The van der Waals surface area contributed by atoms with Crippen LogP contribution in [0, 0.1) is 11.3 Å². The summed E-state index contributed by atoms with van der Waals surface area (Å²) in [5, 5.41) is 24.4. The summed E-state index contributed by atoms with van der Waals surface area (Å²) in [4.78, 5) is 10.9. The number of benzene rings is 1. The first-order valence-electron chi connectivity index (χ1n) is 6.33. The number of hydrogen-bond acceptors (Lipinski definition) is 4. The van der Waals surface area contributed by atoms with Gasteiger partial charge in [-0.25, -0.2) is 0 Å². The summed E-state index contributed by atoms with van der Waals surface area (Å²) in [6.07, 6.45) is -0.00264. The fourth-order valence-electron chi connectivity index (χ4n) is 1.69. The summed E-state index contributed by atoms with van der Waals surface area (Å²) in [7, 11) is 0. The molecule has 5 nitrogen and oxygen atoms in total. The molecule has 1 rings (SSSR count). The Labute approximate surface area is 123 Å². The highest BCUT2D eigenvalue weighted by Crippen LogP contribution is 2.21. The van der Waals surface area contributed by atoms with Crippen molar-refractivity contribution in [3.8, 4) is 6.07 Å². The second-order valence-corrected chi connectivity index (χ2v) is 5.22. The van der Waals surface area contributed by atoms with E-state index >= 15 is 0 Å². The van der Waals surface area contributed by atoms with Crippen LogP contribution in [0.3, 0.4) is 0 Å². The Hall–Kier alpha value is -1.77. The number of aliphatic carboxylic acids is 1. The van der Waals surface area contributed by atoms with Crippen LogP contribution in [0.25, 0.3) is 0 Å². The second kappa shape index (κ2) is 7.73. The molecular formula is C14H18ClN3O2. The van der Waals surface area contributed by atoms with Gasteiger partial charge in [-0.3, -0.25) is 4.79 Å². The van der Waals surface area contributed by atoms with Gasteiger partial charge in [0.1, 0.15) is 6.07 Å². The average Bonchev–Trinajstić information content (AvgIpc) is 2.35. The minimum Gasteiger partial charge on any atom is -0.481 e. The predicted octanol–water partition coefficient (Wildman–Crippen LogP) is 2.46. The van der Waals surface area contributed by atoms with Crippen molar-refractivity contribution < 1.29 is 9.90 Å². The molecule has 0 amide bonds. The molecule has 0 aromatic heterocycles. The van der Waals surface area contributed by atoms with E-state index in [0.717, 1.165) is 0 Å². The summed E-state index contributed by atoms with van der Waals surface area (Å²) in [5.74, 6) is -0.868. The van der Waals surface area contributed by atoms with E-state index in [1.54, 1.807) is 18.2 Å². The van der Waals surface area contributed by atoms with Crippen LogP contribution in [0.2, 0.25) is 5.02 Å². The SMILES string of the molecule is CC(C)NC[C@H](CC(=O)O)Nc1ccc(C#N)c(Cl)c1. The van der Waals surface area contributed by atoms with Gasteiger partial charge in [0.2, 0.25) is 0 Å². The highest BCUT2D eigenvalue weighted by Gasteiger charge is 2.14. The number of halogens is 1. The Morgan fingerprint density at radius 1 is 1.50 bits per heavy atom. The van der Waals surface area contributed by atoms with Gasteiger partial charge < -0.3 is 15.7 Å². The van der Waals surface area contributed by atoms with E-state index in [4.69, 9.17) is 22.0 Å². The van der Waals surface area contributed by atoms with Gasteiger partial charge in [-0.1, -0.05) is 25.4 Å². The Morgan fingerprint density at radius 2 is 2.20 bits per heavy atom. The zero-order valence-corrected chi connectivity index (χ0v) is 12.2. The van der Waals surface area contributed by atoms with Crippen LogP contribution >= 0.6 is 11.6 Å². The maximum atomic E-state index is 10.9. The van der Waals surface area contributed by atoms with E-state index in [9.17, 15) is 4.79 Å². The van der Waals surface area contributed by atoms with Gasteiger partial charge in [0.05, 0.1) is 17.0 Å². The molecule has 0 saturated carbocycles. The fraction of sp³-hybridized carbons (Fsp3) is 0.429.